The minimum atomic E-state index is -0.492. The Hall–Kier alpha value is -0.340. The Morgan fingerprint density at radius 2 is 0.794 bits per heavy atom. The fraction of sp³-hybridized carbons (Fsp3) is 0.938. The van der Waals surface area contributed by atoms with Gasteiger partial charge in [0.25, 0.3) is 0 Å². The van der Waals surface area contributed by atoms with E-state index in [1.165, 1.54) is 154 Å². The molecule has 206 valence electrons. The molecule has 0 heterocycles. The molecular weight excluding hydrogens is 416 g/mol. The van der Waals surface area contributed by atoms with E-state index in [4.69, 9.17) is 10.2 Å². The molecule has 2 N–H and O–H groups in total. The van der Waals surface area contributed by atoms with Crippen LogP contribution in [0.25, 0.3) is 0 Å². The molecule has 0 radical (unpaired) electrons. The standard InChI is InChI=1S/C16H34O2.C16H32/c1-2-3-4-5-6-7-8-9-10-11-12-13-14-16(18)15-17;1-3-5-7-9-11-13-15-16-14-12-10-8-6-4-2/h16-18H,2-15H2,1H3;3H,1,4-16H2,2H3. The van der Waals surface area contributed by atoms with Gasteiger partial charge in [-0.15, -0.1) is 6.58 Å². The zero-order chi connectivity index (χ0) is 25.4. The Bertz CT molecular complexity index is 342. The van der Waals surface area contributed by atoms with Gasteiger partial charge in [0.05, 0.1) is 12.7 Å². The lowest BCUT2D eigenvalue weighted by Gasteiger charge is -2.06. The van der Waals surface area contributed by atoms with Gasteiger partial charge in [-0.3, -0.25) is 0 Å². The summed E-state index contributed by atoms with van der Waals surface area (Å²) < 4.78 is 0. The molecule has 2 heteroatoms. The highest BCUT2D eigenvalue weighted by Gasteiger charge is 2.00. The average Bonchev–Trinajstić information content (AvgIpc) is 2.85. The van der Waals surface area contributed by atoms with Crippen molar-refractivity contribution in [1.82, 2.24) is 0 Å². The van der Waals surface area contributed by atoms with Crippen molar-refractivity contribution in [2.45, 2.75) is 187 Å². The van der Waals surface area contributed by atoms with Crippen LogP contribution in [-0.4, -0.2) is 22.9 Å². The predicted octanol–water partition coefficient (Wildman–Crippen LogP) is 10.7. The van der Waals surface area contributed by atoms with E-state index in [0.29, 0.717) is 0 Å². The molecule has 0 bridgehead atoms. The molecule has 0 amide bonds. The summed E-state index contributed by atoms with van der Waals surface area (Å²) in [4.78, 5) is 0. The van der Waals surface area contributed by atoms with Crippen molar-refractivity contribution < 1.29 is 10.2 Å². The first kappa shape index (κ1) is 35.8. The zero-order valence-electron chi connectivity index (χ0n) is 23.8. The monoisotopic (exact) mass is 483 g/mol. The molecule has 2 nitrogen and oxygen atoms in total. The quantitative estimate of drug-likeness (QED) is 0.0902. The molecule has 0 aromatic carbocycles. The summed E-state index contributed by atoms with van der Waals surface area (Å²) in [5.74, 6) is 0. The van der Waals surface area contributed by atoms with E-state index >= 15 is 0 Å². The number of allylic oxidation sites excluding steroid dienone is 1. The molecule has 0 aromatic heterocycles. The van der Waals surface area contributed by atoms with Crippen LogP contribution in [0.3, 0.4) is 0 Å². The maximum absolute atomic E-state index is 9.17. The van der Waals surface area contributed by atoms with Crippen LogP contribution in [0.15, 0.2) is 12.7 Å². The second-order valence-corrected chi connectivity index (χ2v) is 10.5. The molecule has 0 spiro atoms. The number of hydrogen-bond acceptors (Lipinski definition) is 2. The Labute approximate surface area is 216 Å². The average molecular weight is 483 g/mol. The van der Waals surface area contributed by atoms with Gasteiger partial charge in [0.1, 0.15) is 0 Å². The smallest absolute Gasteiger partial charge is 0.0770 e. The third-order valence-electron chi connectivity index (χ3n) is 6.86. The lowest BCUT2D eigenvalue weighted by atomic mass is 10.0. The maximum atomic E-state index is 9.17. The van der Waals surface area contributed by atoms with E-state index in [1.54, 1.807) is 0 Å². The largest absolute Gasteiger partial charge is 0.394 e. The van der Waals surface area contributed by atoms with Gasteiger partial charge in [-0.25, -0.2) is 0 Å². The number of aliphatic hydroxyl groups excluding tert-OH is 2. The molecule has 0 rings (SSSR count). The van der Waals surface area contributed by atoms with E-state index in [2.05, 4.69) is 20.4 Å². The highest BCUT2D eigenvalue weighted by atomic mass is 16.3. The minimum absolute atomic E-state index is 0.0853. The topological polar surface area (TPSA) is 40.5 Å². The van der Waals surface area contributed by atoms with E-state index in [-0.39, 0.29) is 6.61 Å². The van der Waals surface area contributed by atoms with Crippen molar-refractivity contribution in [1.29, 1.82) is 0 Å². The zero-order valence-corrected chi connectivity index (χ0v) is 23.8. The van der Waals surface area contributed by atoms with Crippen LogP contribution in [0.2, 0.25) is 0 Å². The minimum Gasteiger partial charge on any atom is -0.394 e. The van der Waals surface area contributed by atoms with Crippen LogP contribution in [0.4, 0.5) is 0 Å². The van der Waals surface area contributed by atoms with Gasteiger partial charge in [0.15, 0.2) is 0 Å². The van der Waals surface area contributed by atoms with Crippen molar-refractivity contribution in [2.24, 2.45) is 0 Å². The molecule has 0 aromatic rings. The summed E-state index contributed by atoms with van der Waals surface area (Å²) in [5, 5.41) is 17.8. The third kappa shape index (κ3) is 36.2. The molecular formula is C32H66O2. The van der Waals surface area contributed by atoms with Gasteiger partial charge < -0.3 is 10.2 Å². The second-order valence-electron chi connectivity index (χ2n) is 10.5. The summed E-state index contributed by atoms with van der Waals surface area (Å²) in [5.41, 5.74) is 0. The van der Waals surface area contributed by atoms with Gasteiger partial charge in [-0.1, -0.05) is 168 Å². The number of hydrogen-bond donors (Lipinski definition) is 2. The van der Waals surface area contributed by atoms with Crippen LogP contribution in [0, 0.1) is 0 Å². The van der Waals surface area contributed by atoms with Crippen molar-refractivity contribution in [2.75, 3.05) is 6.61 Å². The molecule has 1 unspecified atom stereocenters. The Balaban J connectivity index is 0. The SMILES string of the molecule is C=CCCCCCCCCCCCCCC.CCCCCCCCCCCCCCC(O)CO. The predicted molar refractivity (Wildman–Crippen MR) is 155 cm³/mol. The number of unbranched alkanes of at least 4 members (excludes halogenated alkanes) is 23. The van der Waals surface area contributed by atoms with E-state index in [1.807, 2.05) is 6.08 Å². The van der Waals surface area contributed by atoms with Crippen LogP contribution in [-0.2, 0) is 0 Å². The first-order valence-electron chi connectivity index (χ1n) is 15.6. The number of aliphatic hydroxyl groups is 2. The van der Waals surface area contributed by atoms with E-state index in [9.17, 15) is 0 Å². The third-order valence-corrected chi connectivity index (χ3v) is 6.86. The van der Waals surface area contributed by atoms with Gasteiger partial charge in [0, 0.05) is 0 Å². The molecule has 0 saturated carbocycles. The summed E-state index contributed by atoms with van der Waals surface area (Å²) in [6.07, 6.45) is 36.8. The highest BCUT2D eigenvalue weighted by Crippen LogP contribution is 2.13. The lowest BCUT2D eigenvalue weighted by Crippen LogP contribution is -2.10. The summed E-state index contributed by atoms with van der Waals surface area (Å²) in [7, 11) is 0. The van der Waals surface area contributed by atoms with Crippen LogP contribution < -0.4 is 0 Å². The Kier molecular flexibility index (Phi) is 36.7. The first-order chi connectivity index (χ1) is 16.7. The fourth-order valence-electron chi connectivity index (χ4n) is 4.44. The van der Waals surface area contributed by atoms with Gasteiger partial charge >= 0.3 is 0 Å². The molecule has 0 aliphatic rings. The molecule has 0 aliphatic heterocycles. The van der Waals surface area contributed by atoms with Crippen LogP contribution in [0.5, 0.6) is 0 Å². The van der Waals surface area contributed by atoms with Gasteiger partial charge in [0.2, 0.25) is 0 Å². The summed E-state index contributed by atoms with van der Waals surface area (Å²) in [6.45, 7) is 8.21. The van der Waals surface area contributed by atoms with Gasteiger partial charge in [-0.05, 0) is 19.3 Å². The van der Waals surface area contributed by atoms with Crippen LogP contribution >= 0.6 is 0 Å². The first-order valence-corrected chi connectivity index (χ1v) is 15.6. The summed E-state index contributed by atoms with van der Waals surface area (Å²) in [6, 6.07) is 0. The Morgan fingerprint density at radius 3 is 1.09 bits per heavy atom. The molecule has 0 fully saturated rings. The van der Waals surface area contributed by atoms with Crippen molar-refractivity contribution >= 4 is 0 Å². The molecule has 0 aliphatic carbocycles. The molecule has 34 heavy (non-hydrogen) atoms. The lowest BCUT2D eigenvalue weighted by molar-refractivity contribution is 0.0860. The Morgan fingerprint density at radius 1 is 0.500 bits per heavy atom. The van der Waals surface area contributed by atoms with Crippen LogP contribution in [0.1, 0.15) is 181 Å². The normalized spacial score (nSPS) is 11.8. The molecule has 0 saturated heterocycles. The second kappa shape index (κ2) is 34.8. The maximum Gasteiger partial charge on any atom is 0.0770 e. The van der Waals surface area contributed by atoms with E-state index < -0.39 is 6.10 Å². The van der Waals surface area contributed by atoms with Crippen molar-refractivity contribution in [3.63, 3.8) is 0 Å². The van der Waals surface area contributed by atoms with Crippen molar-refractivity contribution in [3.05, 3.63) is 12.7 Å². The highest BCUT2D eigenvalue weighted by molar-refractivity contribution is 4.65. The number of rotatable bonds is 27. The van der Waals surface area contributed by atoms with Gasteiger partial charge in [-0.2, -0.15) is 0 Å². The molecule has 1 atom stereocenters. The summed E-state index contributed by atoms with van der Waals surface area (Å²) >= 11 is 0. The van der Waals surface area contributed by atoms with E-state index in [0.717, 1.165) is 12.8 Å². The fourth-order valence-corrected chi connectivity index (χ4v) is 4.44. The van der Waals surface area contributed by atoms with Crippen molar-refractivity contribution in [3.8, 4) is 0 Å².